The molecular formula is C30H32N4O6S. The van der Waals surface area contributed by atoms with Crippen molar-refractivity contribution in [2.24, 2.45) is 4.99 Å². The molecule has 1 aromatic heterocycles. The van der Waals surface area contributed by atoms with Crippen LogP contribution in [0.2, 0.25) is 0 Å². The molecule has 2 aliphatic rings. The van der Waals surface area contributed by atoms with Gasteiger partial charge in [-0.2, -0.15) is 0 Å². The number of nitro benzene ring substituents is 1. The number of hydrogen-bond donors (Lipinski definition) is 0. The van der Waals surface area contributed by atoms with E-state index in [-0.39, 0.29) is 27.8 Å². The van der Waals surface area contributed by atoms with E-state index in [1.807, 2.05) is 24.0 Å². The average Bonchev–Trinajstić information content (AvgIpc) is 3.56. The zero-order chi connectivity index (χ0) is 29.3. The number of thiazole rings is 1. The van der Waals surface area contributed by atoms with E-state index < -0.39 is 12.0 Å². The monoisotopic (exact) mass is 576 g/mol. The number of benzene rings is 2. The molecule has 1 fully saturated rings. The maximum Gasteiger partial charge on any atom is 0.338 e. The van der Waals surface area contributed by atoms with Gasteiger partial charge in [0.1, 0.15) is 11.4 Å². The molecule has 0 saturated carbocycles. The van der Waals surface area contributed by atoms with Crippen molar-refractivity contribution in [3.05, 3.63) is 94.7 Å². The Morgan fingerprint density at radius 3 is 2.54 bits per heavy atom. The fourth-order valence-electron chi connectivity index (χ4n) is 5.24. The highest BCUT2D eigenvalue weighted by molar-refractivity contribution is 7.07. The predicted octanol–water partition coefficient (Wildman–Crippen LogP) is 4.09. The number of nitro groups is 1. The number of anilines is 1. The summed E-state index contributed by atoms with van der Waals surface area (Å²) in [4.78, 5) is 45.8. The fourth-order valence-corrected chi connectivity index (χ4v) is 6.29. The van der Waals surface area contributed by atoms with E-state index in [1.54, 1.807) is 51.1 Å². The molecule has 2 aliphatic heterocycles. The third kappa shape index (κ3) is 5.67. The molecule has 0 amide bonds. The minimum atomic E-state index is -0.762. The number of carbonyl (C=O) groups is 1. The Balaban J connectivity index is 1.63. The van der Waals surface area contributed by atoms with Gasteiger partial charge in [-0.15, -0.1) is 0 Å². The van der Waals surface area contributed by atoms with Crippen LogP contribution in [0.1, 0.15) is 57.7 Å². The molecule has 0 aliphatic carbocycles. The van der Waals surface area contributed by atoms with Crippen LogP contribution >= 0.6 is 11.3 Å². The molecular weight excluding hydrogens is 544 g/mol. The van der Waals surface area contributed by atoms with Gasteiger partial charge in [0.25, 0.3) is 11.2 Å². The molecule has 3 heterocycles. The van der Waals surface area contributed by atoms with E-state index in [0.29, 0.717) is 44.2 Å². The van der Waals surface area contributed by atoms with Gasteiger partial charge >= 0.3 is 5.97 Å². The van der Waals surface area contributed by atoms with E-state index in [9.17, 15) is 19.7 Å². The lowest BCUT2D eigenvalue weighted by atomic mass is 9.96. The second-order valence-corrected chi connectivity index (χ2v) is 11.2. The molecule has 2 aromatic carbocycles. The van der Waals surface area contributed by atoms with Gasteiger partial charge in [0.05, 0.1) is 39.5 Å². The number of carbonyl (C=O) groups excluding carboxylic acids is 1. The highest BCUT2D eigenvalue weighted by Crippen LogP contribution is 2.33. The summed E-state index contributed by atoms with van der Waals surface area (Å²) in [5.41, 5.74) is 2.25. The normalized spacial score (nSPS) is 17.0. The summed E-state index contributed by atoms with van der Waals surface area (Å²) in [5.74, 6) is 0.136. The van der Waals surface area contributed by atoms with Gasteiger partial charge < -0.3 is 14.4 Å². The highest BCUT2D eigenvalue weighted by Gasteiger charge is 2.34. The van der Waals surface area contributed by atoms with Crippen LogP contribution < -0.4 is 24.5 Å². The second kappa shape index (κ2) is 11.7. The Kier molecular flexibility index (Phi) is 8.07. The zero-order valence-electron chi connectivity index (χ0n) is 23.5. The highest BCUT2D eigenvalue weighted by atomic mass is 32.1. The fraction of sp³-hybridized carbons (Fsp3) is 0.367. The summed E-state index contributed by atoms with van der Waals surface area (Å²) < 4.78 is 13.0. The standard InChI is InChI=1S/C30H32N4O6S/c1-5-39-22-11-9-21(10-12-22)27-26(29(36)40-18(2)3)19(4)31-30-33(27)28(35)25(41-30)17-20-8-13-23(24(16-20)34(37)38)32-14-6-7-15-32/h8-13,16-18,27H,5-7,14-15H2,1-4H3/b25-17-/t27-/m0/s1. The Bertz CT molecular complexity index is 1700. The molecule has 1 atom stereocenters. The molecule has 10 nitrogen and oxygen atoms in total. The van der Waals surface area contributed by atoms with Crippen LogP contribution in [-0.2, 0) is 9.53 Å². The number of nitrogens with zero attached hydrogens (tertiary/aromatic N) is 4. The topological polar surface area (TPSA) is 116 Å². The molecule has 0 unspecified atom stereocenters. The molecule has 0 spiro atoms. The molecule has 5 rings (SSSR count). The van der Waals surface area contributed by atoms with Crippen molar-refractivity contribution in [3.63, 3.8) is 0 Å². The molecule has 0 radical (unpaired) electrons. The quantitative estimate of drug-likeness (QED) is 0.225. The van der Waals surface area contributed by atoms with E-state index in [4.69, 9.17) is 9.47 Å². The second-order valence-electron chi connectivity index (χ2n) is 10.2. The first-order valence-corrected chi connectivity index (χ1v) is 14.5. The molecule has 1 saturated heterocycles. The smallest absolute Gasteiger partial charge is 0.338 e. The lowest BCUT2D eigenvalue weighted by Crippen LogP contribution is -2.40. The van der Waals surface area contributed by atoms with Crippen LogP contribution in [0.15, 0.2) is 63.5 Å². The molecule has 0 bridgehead atoms. The van der Waals surface area contributed by atoms with Crippen molar-refractivity contribution in [2.75, 3.05) is 24.6 Å². The van der Waals surface area contributed by atoms with Gasteiger partial charge in [0.2, 0.25) is 0 Å². The van der Waals surface area contributed by atoms with Crippen molar-refractivity contribution in [2.45, 2.75) is 52.7 Å². The first kappa shape index (κ1) is 28.3. The maximum absolute atomic E-state index is 13.9. The number of rotatable bonds is 8. The van der Waals surface area contributed by atoms with Crippen LogP contribution in [0.3, 0.4) is 0 Å². The lowest BCUT2D eigenvalue weighted by Gasteiger charge is -2.25. The first-order chi connectivity index (χ1) is 19.7. The van der Waals surface area contributed by atoms with Crippen molar-refractivity contribution in [1.29, 1.82) is 0 Å². The van der Waals surface area contributed by atoms with Gasteiger partial charge in [-0.25, -0.2) is 9.79 Å². The summed E-state index contributed by atoms with van der Waals surface area (Å²) in [6.07, 6.45) is 3.29. The number of aromatic nitrogens is 1. The summed E-state index contributed by atoms with van der Waals surface area (Å²) >= 11 is 1.18. The summed E-state index contributed by atoms with van der Waals surface area (Å²) in [6, 6.07) is 11.5. The summed E-state index contributed by atoms with van der Waals surface area (Å²) in [5, 5.41) is 11.9. The number of fused-ring (bicyclic) bond motifs is 1. The van der Waals surface area contributed by atoms with Gasteiger partial charge in [0, 0.05) is 19.2 Å². The largest absolute Gasteiger partial charge is 0.494 e. The van der Waals surface area contributed by atoms with Gasteiger partial charge in [-0.1, -0.05) is 29.5 Å². The molecule has 0 N–H and O–H groups in total. The molecule has 11 heteroatoms. The van der Waals surface area contributed by atoms with Gasteiger partial charge in [-0.3, -0.25) is 19.5 Å². The number of hydrogen-bond acceptors (Lipinski definition) is 9. The van der Waals surface area contributed by atoms with Crippen molar-refractivity contribution < 1.29 is 19.2 Å². The Morgan fingerprint density at radius 1 is 1.20 bits per heavy atom. The Morgan fingerprint density at radius 2 is 1.90 bits per heavy atom. The first-order valence-electron chi connectivity index (χ1n) is 13.7. The maximum atomic E-state index is 13.9. The molecule has 214 valence electrons. The van der Waals surface area contributed by atoms with Crippen LogP contribution in [0.5, 0.6) is 5.75 Å². The third-order valence-corrected chi connectivity index (χ3v) is 8.01. The van der Waals surface area contributed by atoms with Gasteiger partial charge in [0.15, 0.2) is 4.80 Å². The summed E-state index contributed by atoms with van der Waals surface area (Å²) in [7, 11) is 0. The predicted molar refractivity (Wildman–Crippen MR) is 157 cm³/mol. The lowest BCUT2D eigenvalue weighted by molar-refractivity contribution is -0.384. The minimum absolute atomic E-state index is 0.00949. The van der Waals surface area contributed by atoms with Crippen LogP contribution in [0.25, 0.3) is 6.08 Å². The van der Waals surface area contributed by atoms with E-state index in [1.165, 1.54) is 22.0 Å². The van der Waals surface area contributed by atoms with E-state index >= 15 is 0 Å². The minimum Gasteiger partial charge on any atom is -0.494 e. The van der Waals surface area contributed by atoms with Crippen LogP contribution in [0, 0.1) is 10.1 Å². The van der Waals surface area contributed by atoms with E-state index in [2.05, 4.69) is 4.99 Å². The molecule has 41 heavy (non-hydrogen) atoms. The Hall–Kier alpha value is -4.25. The number of allylic oxidation sites excluding steroid dienone is 1. The van der Waals surface area contributed by atoms with Crippen molar-refractivity contribution >= 4 is 34.8 Å². The van der Waals surface area contributed by atoms with Crippen molar-refractivity contribution in [1.82, 2.24) is 4.57 Å². The average molecular weight is 577 g/mol. The SMILES string of the molecule is CCOc1ccc([C@H]2C(C(=O)OC(C)C)=C(C)N=c3s/c(=C\c4ccc(N5CCCC5)c([N+](=O)[O-])c4)c(=O)n32)cc1. The van der Waals surface area contributed by atoms with E-state index in [0.717, 1.165) is 25.9 Å². The van der Waals surface area contributed by atoms with Crippen LogP contribution in [-0.4, -0.2) is 41.3 Å². The number of esters is 1. The number of ether oxygens (including phenoxy) is 2. The third-order valence-electron chi connectivity index (χ3n) is 7.03. The van der Waals surface area contributed by atoms with Crippen molar-refractivity contribution in [3.8, 4) is 5.75 Å². The van der Waals surface area contributed by atoms with Crippen LogP contribution in [0.4, 0.5) is 11.4 Å². The summed E-state index contributed by atoms with van der Waals surface area (Å²) in [6.45, 7) is 9.24. The zero-order valence-corrected chi connectivity index (χ0v) is 24.3. The molecule has 3 aromatic rings. The van der Waals surface area contributed by atoms with Gasteiger partial charge in [-0.05, 0) is 75.9 Å². The Labute approximate surface area is 241 Å².